The smallest absolute Gasteiger partial charge is 0.311 e. The second-order valence-electron chi connectivity index (χ2n) is 9.65. The number of aliphatic hydroxyl groups is 1. The molecule has 0 aromatic heterocycles. The van der Waals surface area contributed by atoms with Gasteiger partial charge in [-0.05, 0) is 31.2 Å². The molecule has 2 amide bonds. The van der Waals surface area contributed by atoms with Crippen LogP contribution in [0.5, 0.6) is 0 Å². The number of nitrogens with zero attached hydrogens (tertiary/aromatic N) is 2. The molecule has 0 bridgehead atoms. The van der Waals surface area contributed by atoms with Crippen LogP contribution in [-0.4, -0.2) is 75.0 Å². The van der Waals surface area contributed by atoms with Crippen LogP contribution in [0.4, 0.5) is 0 Å². The molecule has 7 nitrogen and oxygen atoms in total. The fourth-order valence-electron chi connectivity index (χ4n) is 5.89. The minimum absolute atomic E-state index is 0.0735. The van der Waals surface area contributed by atoms with Gasteiger partial charge in [-0.2, -0.15) is 0 Å². The molecule has 1 spiro atoms. The largest absolute Gasteiger partial charge is 0.465 e. The summed E-state index contributed by atoms with van der Waals surface area (Å²) in [6, 6.07) is 9.09. The van der Waals surface area contributed by atoms with E-state index in [1.54, 1.807) is 21.6 Å². The van der Waals surface area contributed by atoms with Crippen LogP contribution >= 0.6 is 11.8 Å². The number of esters is 1. The van der Waals surface area contributed by atoms with Gasteiger partial charge >= 0.3 is 5.97 Å². The van der Waals surface area contributed by atoms with Gasteiger partial charge in [0.05, 0.1) is 23.2 Å². The van der Waals surface area contributed by atoms with Gasteiger partial charge < -0.3 is 19.6 Å². The SMILES string of the molecule is O=C1OCCCC/C=C\[C@@H]2S[C@]34C=CCN(Cc5ccccc5)C(=O)C3N(CCCO)C(=O)[C@@H]4[C@H]12. The van der Waals surface area contributed by atoms with Gasteiger partial charge in [0, 0.05) is 31.5 Å². The summed E-state index contributed by atoms with van der Waals surface area (Å²) in [7, 11) is 0. The first-order valence-corrected chi connectivity index (χ1v) is 13.4. The highest BCUT2D eigenvalue weighted by Crippen LogP contribution is 2.60. The van der Waals surface area contributed by atoms with Crippen LogP contribution in [0.25, 0.3) is 0 Å². The van der Waals surface area contributed by atoms with Crippen molar-refractivity contribution in [1.82, 2.24) is 9.80 Å². The number of cyclic esters (lactones) is 1. The molecule has 4 heterocycles. The van der Waals surface area contributed by atoms with Crippen molar-refractivity contribution < 1.29 is 24.2 Å². The lowest BCUT2D eigenvalue weighted by atomic mass is 9.78. The lowest BCUT2D eigenvalue weighted by Crippen LogP contribution is -2.53. The molecule has 2 fully saturated rings. The van der Waals surface area contributed by atoms with E-state index in [1.165, 1.54) is 0 Å². The first kappa shape index (κ1) is 24.1. The van der Waals surface area contributed by atoms with Gasteiger partial charge in [0.2, 0.25) is 11.8 Å². The molecule has 2 saturated heterocycles. The Morgan fingerprint density at radius 1 is 1.09 bits per heavy atom. The first-order valence-electron chi connectivity index (χ1n) is 12.5. The van der Waals surface area contributed by atoms with Crippen LogP contribution in [0, 0.1) is 11.8 Å². The maximum atomic E-state index is 14.1. The lowest BCUT2D eigenvalue weighted by molar-refractivity contribution is -0.153. The van der Waals surface area contributed by atoms with E-state index in [-0.39, 0.29) is 36.2 Å². The molecule has 8 heteroatoms. The fraction of sp³-hybridized carbons (Fsp3) is 0.519. The predicted molar refractivity (Wildman–Crippen MR) is 133 cm³/mol. The number of carbonyl (C=O) groups excluding carboxylic acids is 3. The van der Waals surface area contributed by atoms with Crippen molar-refractivity contribution >= 4 is 29.5 Å². The molecular weight excluding hydrogens is 464 g/mol. The van der Waals surface area contributed by atoms with E-state index in [2.05, 4.69) is 6.08 Å². The van der Waals surface area contributed by atoms with Crippen molar-refractivity contribution in [2.75, 3.05) is 26.3 Å². The molecule has 1 N–H and O–H groups in total. The number of aliphatic hydroxyl groups excluding tert-OH is 1. The van der Waals surface area contributed by atoms with Gasteiger partial charge in [-0.25, -0.2) is 0 Å². The zero-order valence-corrected chi connectivity index (χ0v) is 20.6. The van der Waals surface area contributed by atoms with E-state index in [1.807, 2.05) is 48.6 Å². The Labute approximate surface area is 210 Å². The van der Waals surface area contributed by atoms with Crippen molar-refractivity contribution in [2.45, 2.75) is 48.3 Å². The summed E-state index contributed by atoms with van der Waals surface area (Å²) >= 11 is 1.56. The Morgan fingerprint density at radius 3 is 2.71 bits per heavy atom. The molecule has 0 aliphatic carbocycles. The summed E-state index contributed by atoms with van der Waals surface area (Å²) in [4.78, 5) is 44.7. The van der Waals surface area contributed by atoms with E-state index in [4.69, 9.17) is 4.74 Å². The third-order valence-electron chi connectivity index (χ3n) is 7.46. The Kier molecular flexibility index (Phi) is 7.02. The van der Waals surface area contributed by atoms with Gasteiger partial charge in [-0.15, -0.1) is 11.8 Å². The summed E-state index contributed by atoms with van der Waals surface area (Å²) < 4.78 is 4.78. The zero-order chi connectivity index (χ0) is 24.4. The number of rotatable bonds is 5. The van der Waals surface area contributed by atoms with Crippen LogP contribution in [0.1, 0.15) is 31.2 Å². The second kappa shape index (κ2) is 10.2. The van der Waals surface area contributed by atoms with Crippen LogP contribution in [0.2, 0.25) is 0 Å². The van der Waals surface area contributed by atoms with E-state index in [0.29, 0.717) is 26.1 Å². The molecule has 1 aromatic carbocycles. The number of benzene rings is 1. The summed E-state index contributed by atoms with van der Waals surface area (Å²) in [5.74, 6) is -1.96. The summed E-state index contributed by atoms with van der Waals surface area (Å²) in [6.07, 6.45) is 11.2. The summed E-state index contributed by atoms with van der Waals surface area (Å²) in [5.41, 5.74) is 1.02. The molecule has 1 aromatic rings. The molecule has 0 radical (unpaired) electrons. The highest BCUT2D eigenvalue weighted by Gasteiger charge is 2.70. The Morgan fingerprint density at radius 2 is 1.91 bits per heavy atom. The maximum Gasteiger partial charge on any atom is 0.311 e. The quantitative estimate of drug-likeness (QED) is 0.498. The number of thioether (sulfide) groups is 1. The highest BCUT2D eigenvalue weighted by atomic mass is 32.2. The van der Waals surface area contributed by atoms with Crippen LogP contribution in [0.3, 0.4) is 0 Å². The topological polar surface area (TPSA) is 87.2 Å². The Hall–Kier alpha value is -2.58. The van der Waals surface area contributed by atoms with Gasteiger partial charge in [0.1, 0.15) is 6.04 Å². The average molecular weight is 497 g/mol. The number of amides is 2. The maximum absolute atomic E-state index is 14.1. The molecule has 5 atom stereocenters. The van der Waals surface area contributed by atoms with Gasteiger partial charge in [-0.1, -0.05) is 54.6 Å². The normalized spacial score (nSPS) is 33.6. The Balaban J connectivity index is 1.54. The molecule has 4 aliphatic heterocycles. The van der Waals surface area contributed by atoms with Gasteiger partial charge in [-0.3, -0.25) is 14.4 Å². The first-order chi connectivity index (χ1) is 17.1. The van der Waals surface area contributed by atoms with E-state index in [0.717, 1.165) is 24.8 Å². The molecule has 35 heavy (non-hydrogen) atoms. The zero-order valence-electron chi connectivity index (χ0n) is 19.8. The number of ether oxygens (including phenoxy) is 1. The number of carbonyl (C=O) groups is 3. The summed E-state index contributed by atoms with van der Waals surface area (Å²) in [6.45, 7) is 1.45. The molecule has 1 unspecified atom stereocenters. The van der Waals surface area contributed by atoms with Crippen molar-refractivity contribution in [3.8, 4) is 0 Å². The van der Waals surface area contributed by atoms with Crippen molar-refractivity contribution in [3.63, 3.8) is 0 Å². The van der Waals surface area contributed by atoms with E-state index in [9.17, 15) is 19.5 Å². The average Bonchev–Trinajstić information content (AvgIpc) is 3.25. The van der Waals surface area contributed by atoms with Crippen molar-refractivity contribution in [3.05, 3.63) is 60.2 Å². The molecule has 5 rings (SSSR count). The minimum atomic E-state index is -0.845. The van der Waals surface area contributed by atoms with Crippen LogP contribution < -0.4 is 0 Å². The lowest BCUT2D eigenvalue weighted by Gasteiger charge is -2.35. The summed E-state index contributed by atoms with van der Waals surface area (Å²) in [5, 5.41) is 9.27. The molecule has 0 saturated carbocycles. The third kappa shape index (κ3) is 4.31. The number of likely N-dealkylation sites (tertiary alicyclic amines) is 1. The minimum Gasteiger partial charge on any atom is -0.465 e. The predicted octanol–water partition coefficient (Wildman–Crippen LogP) is 2.55. The van der Waals surface area contributed by atoms with E-state index >= 15 is 0 Å². The van der Waals surface area contributed by atoms with Crippen molar-refractivity contribution in [1.29, 1.82) is 0 Å². The van der Waals surface area contributed by atoms with Gasteiger partial charge in [0.25, 0.3) is 0 Å². The van der Waals surface area contributed by atoms with E-state index < -0.39 is 22.6 Å². The molecular formula is C27H32N2O5S. The standard InChI is InChI=1S/C27H32N2O5S/c30-16-9-15-29-23-25(32)28(18-19-10-4-3-5-11-19)14-8-13-27(23)22(24(29)31)21-20(35-27)12-6-1-2-7-17-34-26(21)33/h3-6,8,10-13,20-23,30H,1-2,7,9,14-18H2/b12-6-/t20-,21+,22-,23?,27-/m0/s1. The molecule has 186 valence electrons. The second-order valence-corrected chi connectivity index (χ2v) is 11.1. The molecule has 4 aliphatic rings. The monoisotopic (exact) mass is 496 g/mol. The fourth-order valence-corrected chi connectivity index (χ4v) is 7.89. The number of fused-ring (bicyclic) bond motifs is 2. The number of hydrogen-bond donors (Lipinski definition) is 1. The van der Waals surface area contributed by atoms with Crippen molar-refractivity contribution in [2.24, 2.45) is 11.8 Å². The van der Waals surface area contributed by atoms with Gasteiger partial charge in [0.15, 0.2) is 0 Å². The van der Waals surface area contributed by atoms with Crippen LogP contribution in [-0.2, 0) is 25.7 Å². The number of hydrogen-bond acceptors (Lipinski definition) is 6. The Bertz CT molecular complexity index is 1030. The third-order valence-corrected chi connectivity index (χ3v) is 9.20. The number of allylic oxidation sites excluding steroid dienone is 1. The van der Waals surface area contributed by atoms with Crippen LogP contribution in [0.15, 0.2) is 54.6 Å². The highest BCUT2D eigenvalue weighted by molar-refractivity contribution is 8.02.